The Morgan fingerprint density at radius 2 is 1.58 bits per heavy atom. The first kappa shape index (κ1) is 29.6. The lowest BCUT2D eigenvalue weighted by Gasteiger charge is -2.21. The van der Waals surface area contributed by atoms with Crippen LogP contribution in [0.2, 0.25) is 0 Å². The van der Waals surface area contributed by atoms with Crippen LogP contribution in [0, 0.1) is 5.92 Å². The van der Waals surface area contributed by atoms with E-state index in [1.807, 2.05) is 13.8 Å². The molecule has 0 saturated heterocycles. The Bertz CT molecular complexity index is 723. The van der Waals surface area contributed by atoms with E-state index in [1.165, 1.54) is 0 Å². The topological polar surface area (TPSA) is 252 Å². The molecular formula is C19H35N7O7. The van der Waals surface area contributed by atoms with E-state index in [0.717, 1.165) is 0 Å². The first-order valence-corrected chi connectivity index (χ1v) is 10.5. The fraction of sp³-hybridized carbons (Fsp3) is 0.684. The van der Waals surface area contributed by atoms with Gasteiger partial charge in [0.1, 0.15) is 12.1 Å². The van der Waals surface area contributed by atoms with Gasteiger partial charge in [0.05, 0.1) is 12.6 Å². The number of hydrogen-bond donors (Lipinski definition) is 8. The lowest BCUT2D eigenvalue weighted by molar-refractivity contribution is -0.143. The average molecular weight is 474 g/mol. The number of aliphatic carboxylic acids is 2. The van der Waals surface area contributed by atoms with Crippen LogP contribution in [0.1, 0.15) is 46.0 Å². The molecule has 0 spiro atoms. The highest BCUT2D eigenvalue weighted by molar-refractivity contribution is 5.92. The molecule has 3 atom stereocenters. The zero-order valence-electron chi connectivity index (χ0n) is 18.9. The van der Waals surface area contributed by atoms with Gasteiger partial charge in [-0.15, -0.1) is 0 Å². The second kappa shape index (κ2) is 15.4. The van der Waals surface area contributed by atoms with Crippen molar-refractivity contribution in [3.8, 4) is 0 Å². The van der Waals surface area contributed by atoms with Gasteiger partial charge in [-0.05, 0) is 31.6 Å². The molecule has 0 heterocycles. The summed E-state index contributed by atoms with van der Waals surface area (Å²) in [6.07, 6.45) is -0.0671. The number of nitrogens with one attached hydrogen (secondary N) is 3. The minimum atomic E-state index is -1.32. The number of hydrogen-bond acceptors (Lipinski definition) is 7. The molecule has 14 nitrogen and oxygen atoms in total. The summed E-state index contributed by atoms with van der Waals surface area (Å²) < 4.78 is 0. The Hall–Kier alpha value is -3.42. The molecule has 11 N–H and O–H groups in total. The molecule has 0 radical (unpaired) electrons. The third-order valence-corrected chi connectivity index (χ3v) is 4.34. The van der Waals surface area contributed by atoms with Crippen molar-refractivity contribution in [1.29, 1.82) is 0 Å². The van der Waals surface area contributed by atoms with Crippen LogP contribution < -0.4 is 33.2 Å². The van der Waals surface area contributed by atoms with Gasteiger partial charge in [0.2, 0.25) is 17.7 Å². The maximum absolute atomic E-state index is 12.6. The molecule has 3 amide bonds. The monoisotopic (exact) mass is 473 g/mol. The highest BCUT2D eigenvalue weighted by Crippen LogP contribution is 2.04. The number of amides is 3. The molecule has 0 aromatic carbocycles. The average Bonchev–Trinajstić information content (AvgIpc) is 2.70. The van der Waals surface area contributed by atoms with E-state index in [4.69, 9.17) is 22.3 Å². The second-order valence-electron chi connectivity index (χ2n) is 7.85. The van der Waals surface area contributed by atoms with Gasteiger partial charge in [-0.25, -0.2) is 4.79 Å². The van der Waals surface area contributed by atoms with E-state index in [2.05, 4.69) is 20.9 Å². The molecule has 3 unspecified atom stereocenters. The van der Waals surface area contributed by atoms with Gasteiger partial charge in [0, 0.05) is 13.0 Å². The minimum Gasteiger partial charge on any atom is -0.481 e. The summed E-state index contributed by atoms with van der Waals surface area (Å²) in [6.45, 7) is 3.44. The molecule has 0 aliphatic heterocycles. The van der Waals surface area contributed by atoms with Crippen molar-refractivity contribution < 1.29 is 34.2 Å². The van der Waals surface area contributed by atoms with Gasteiger partial charge in [-0.3, -0.25) is 24.2 Å². The van der Waals surface area contributed by atoms with Crippen LogP contribution in [0.15, 0.2) is 4.99 Å². The first-order chi connectivity index (χ1) is 15.3. The van der Waals surface area contributed by atoms with E-state index < -0.39 is 60.8 Å². The summed E-state index contributed by atoms with van der Waals surface area (Å²) in [5.41, 5.74) is 16.1. The predicted molar refractivity (Wildman–Crippen MR) is 119 cm³/mol. The Labute approximate surface area is 191 Å². The summed E-state index contributed by atoms with van der Waals surface area (Å²) in [4.78, 5) is 62.8. The van der Waals surface area contributed by atoms with Crippen molar-refractivity contribution in [3.05, 3.63) is 0 Å². The summed E-state index contributed by atoms with van der Waals surface area (Å²) >= 11 is 0. The summed E-state index contributed by atoms with van der Waals surface area (Å²) in [6, 6.07) is -3.43. The number of guanidine groups is 1. The van der Waals surface area contributed by atoms with E-state index in [0.29, 0.717) is 6.42 Å². The molecule has 33 heavy (non-hydrogen) atoms. The van der Waals surface area contributed by atoms with Gasteiger partial charge in [-0.1, -0.05) is 13.8 Å². The Balaban J connectivity index is 4.99. The number of nitrogens with two attached hydrogens (primary N) is 3. The maximum atomic E-state index is 12.6. The predicted octanol–water partition coefficient (Wildman–Crippen LogP) is -2.55. The van der Waals surface area contributed by atoms with Crippen molar-refractivity contribution >= 4 is 35.6 Å². The van der Waals surface area contributed by atoms with Crippen LogP contribution in [0.5, 0.6) is 0 Å². The van der Waals surface area contributed by atoms with E-state index in [-0.39, 0.29) is 37.7 Å². The van der Waals surface area contributed by atoms with E-state index in [1.54, 1.807) is 0 Å². The van der Waals surface area contributed by atoms with Crippen molar-refractivity contribution in [2.45, 2.75) is 64.1 Å². The molecule has 0 bridgehead atoms. The third-order valence-electron chi connectivity index (χ3n) is 4.34. The fourth-order valence-corrected chi connectivity index (χ4v) is 2.73. The van der Waals surface area contributed by atoms with E-state index in [9.17, 15) is 29.1 Å². The number of carbonyl (C=O) groups is 5. The quantitative estimate of drug-likeness (QED) is 0.0661. The number of carboxylic acids is 2. The van der Waals surface area contributed by atoms with Gasteiger partial charge in [-0.2, -0.15) is 0 Å². The van der Waals surface area contributed by atoms with Crippen LogP contribution >= 0.6 is 0 Å². The Morgan fingerprint density at radius 1 is 0.939 bits per heavy atom. The summed E-state index contributed by atoms with van der Waals surface area (Å²) in [5, 5.41) is 25.2. The van der Waals surface area contributed by atoms with Crippen molar-refractivity contribution in [2.24, 2.45) is 28.1 Å². The molecule has 0 fully saturated rings. The highest BCUT2D eigenvalue weighted by atomic mass is 16.4. The molecule has 0 saturated carbocycles. The molecule has 0 aliphatic rings. The molecular weight excluding hydrogens is 438 g/mol. The van der Waals surface area contributed by atoms with Gasteiger partial charge in [0.15, 0.2) is 5.96 Å². The summed E-state index contributed by atoms with van der Waals surface area (Å²) in [5.74, 6) is -4.68. The third kappa shape index (κ3) is 14.3. The molecule has 188 valence electrons. The summed E-state index contributed by atoms with van der Waals surface area (Å²) in [7, 11) is 0. The lowest BCUT2D eigenvalue weighted by Crippen LogP contribution is -2.53. The number of nitrogens with zero attached hydrogens (tertiary/aromatic N) is 1. The maximum Gasteiger partial charge on any atom is 0.326 e. The molecule has 0 aromatic heterocycles. The molecule has 0 aliphatic carbocycles. The Morgan fingerprint density at radius 3 is 2.09 bits per heavy atom. The first-order valence-electron chi connectivity index (χ1n) is 10.5. The molecule has 0 rings (SSSR count). The number of carboxylic acid groups (broad SMARTS) is 2. The second-order valence-corrected chi connectivity index (χ2v) is 7.85. The highest BCUT2D eigenvalue weighted by Gasteiger charge is 2.27. The zero-order valence-corrected chi connectivity index (χ0v) is 18.9. The largest absolute Gasteiger partial charge is 0.481 e. The lowest BCUT2D eigenvalue weighted by atomic mass is 10.0. The number of rotatable bonds is 16. The van der Waals surface area contributed by atoms with E-state index >= 15 is 0 Å². The zero-order chi connectivity index (χ0) is 25.6. The SMILES string of the molecule is CC(C)CC(N)C(=O)NCC(=O)NC(CCC(=O)O)C(=O)NC(CCCN=C(N)N)C(=O)O. The van der Waals surface area contributed by atoms with Crippen molar-refractivity contribution in [2.75, 3.05) is 13.1 Å². The van der Waals surface area contributed by atoms with Crippen LogP contribution in [-0.4, -0.2) is 77.0 Å². The van der Waals surface area contributed by atoms with Crippen molar-refractivity contribution in [3.63, 3.8) is 0 Å². The van der Waals surface area contributed by atoms with Crippen LogP contribution in [-0.2, 0) is 24.0 Å². The molecule has 0 aromatic rings. The fourth-order valence-electron chi connectivity index (χ4n) is 2.73. The molecule has 14 heteroatoms. The Kier molecular flexibility index (Phi) is 13.8. The van der Waals surface area contributed by atoms with Crippen LogP contribution in [0.25, 0.3) is 0 Å². The van der Waals surface area contributed by atoms with Crippen LogP contribution in [0.4, 0.5) is 0 Å². The van der Waals surface area contributed by atoms with Gasteiger partial charge in [0.25, 0.3) is 0 Å². The normalized spacial score (nSPS) is 13.3. The smallest absolute Gasteiger partial charge is 0.326 e. The van der Waals surface area contributed by atoms with Gasteiger partial charge < -0.3 is 43.4 Å². The van der Waals surface area contributed by atoms with Gasteiger partial charge >= 0.3 is 11.9 Å². The minimum absolute atomic E-state index is 0.00124. The number of aliphatic imine (C=N–C) groups is 1. The van der Waals surface area contributed by atoms with Crippen LogP contribution in [0.3, 0.4) is 0 Å². The standard InChI is InChI=1S/C19H35N7O7/c1-10(2)8-11(20)16(30)24-9-14(27)25-12(5-6-15(28)29)17(31)26-13(18(32)33)4-3-7-23-19(21)22/h10-13H,3-9,20H2,1-2H3,(H,24,30)(H,25,27)(H,26,31)(H,28,29)(H,32,33)(H4,21,22,23). The van der Waals surface area contributed by atoms with Crippen molar-refractivity contribution in [1.82, 2.24) is 16.0 Å². The number of carbonyl (C=O) groups excluding carboxylic acids is 3.